The van der Waals surface area contributed by atoms with Crippen LogP contribution in [0, 0.1) is 6.92 Å². The molecule has 3 aromatic rings. The van der Waals surface area contributed by atoms with E-state index in [1.54, 1.807) is 6.26 Å². The highest BCUT2D eigenvalue weighted by Crippen LogP contribution is 2.29. The summed E-state index contributed by atoms with van der Waals surface area (Å²) >= 11 is 0. The second-order valence-electron chi connectivity index (χ2n) is 4.85. The average molecular weight is 266 g/mol. The maximum absolute atomic E-state index is 5.46. The Bertz CT molecular complexity index is 712. The van der Waals surface area contributed by atoms with Crippen LogP contribution in [0.1, 0.15) is 29.9 Å². The van der Waals surface area contributed by atoms with E-state index < -0.39 is 0 Å². The number of hydrogen-bond acceptors (Lipinski definition) is 3. The van der Waals surface area contributed by atoms with Crippen molar-refractivity contribution in [2.75, 3.05) is 6.54 Å². The maximum atomic E-state index is 5.46. The minimum absolute atomic E-state index is 0.109. The molecule has 102 valence electrons. The molecule has 2 aromatic heterocycles. The molecular weight excluding hydrogens is 248 g/mol. The number of furan rings is 1. The molecule has 0 aliphatic heterocycles. The fourth-order valence-corrected chi connectivity index (χ4v) is 2.65. The molecule has 3 heteroatoms. The zero-order chi connectivity index (χ0) is 13.9. The average Bonchev–Trinajstić information content (AvgIpc) is 2.90. The van der Waals surface area contributed by atoms with Crippen molar-refractivity contribution < 1.29 is 4.42 Å². The second kappa shape index (κ2) is 5.47. The molecule has 1 unspecified atom stereocenters. The Balaban J connectivity index is 2.17. The van der Waals surface area contributed by atoms with Crippen molar-refractivity contribution in [3.05, 3.63) is 65.7 Å². The Morgan fingerprint density at radius 3 is 2.75 bits per heavy atom. The van der Waals surface area contributed by atoms with Gasteiger partial charge in [0.05, 0.1) is 17.8 Å². The molecule has 1 N–H and O–H groups in total. The summed E-state index contributed by atoms with van der Waals surface area (Å²) in [4.78, 5) is 4.55. The number of benzene rings is 1. The zero-order valence-corrected chi connectivity index (χ0v) is 11.8. The van der Waals surface area contributed by atoms with E-state index >= 15 is 0 Å². The van der Waals surface area contributed by atoms with Crippen molar-refractivity contribution in [2.45, 2.75) is 19.9 Å². The first-order valence-electron chi connectivity index (χ1n) is 6.92. The molecule has 1 atom stereocenters. The van der Waals surface area contributed by atoms with Crippen LogP contribution in [-0.4, -0.2) is 11.5 Å². The van der Waals surface area contributed by atoms with Gasteiger partial charge in [0.2, 0.25) is 0 Å². The molecule has 0 radical (unpaired) electrons. The van der Waals surface area contributed by atoms with Gasteiger partial charge in [-0.3, -0.25) is 4.98 Å². The Morgan fingerprint density at radius 2 is 2.00 bits per heavy atom. The normalized spacial score (nSPS) is 12.7. The predicted octanol–water partition coefficient (Wildman–Crippen LogP) is 3.84. The summed E-state index contributed by atoms with van der Waals surface area (Å²) in [6.45, 7) is 5.00. The predicted molar refractivity (Wildman–Crippen MR) is 80.7 cm³/mol. The quantitative estimate of drug-likeness (QED) is 0.779. The van der Waals surface area contributed by atoms with Crippen molar-refractivity contribution in [3.8, 4) is 0 Å². The summed E-state index contributed by atoms with van der Waals surface area (Å²) in [5.74, 6) is 0.948. The topological polar surface area (TPSA) is 38.1 Å². The summed E-state index contributed by atoms with van der Waals surface area (Å²) in [5, 5.41) is 4.70. The number of fused-ring (bicyclic) bond motifs is 1. The van der Waals surface area contributed by atoms with E-state index in [1.165, 1.54) is 11.1 Å². The molecule has 20 heavy (non-hydrogen) atoms. The van der Waals surface area contributed by atoms with Gasteiger partial charge >= 0.3 is 0 Å². The van der Waals surface area contributed by atoms with E-state index in [9.17, 15) is 0 Å². The third-order valence-corrected chi connectivity index (χ3v) is 3.59. The van der Waals surface area contributed by atoms with Gasteiger partial charge in [0, 0.05) is 17.1 Å². The lowest BCUT2D eigenvalue weighted by Crippen LogP contribution is -2.22. The molecule has 0 amide bonds. The molecule has 3 nitrogen and oxygen atoms in total. The number of aryl methyl sites for hydroxylation is 1. The highest BCUT2D eigenvalue weighted by atomic mass is 16.3. The molecular formula is C17H18N2O. The van der Waals surface area contributed by atoms with Gasteiger partial charge in [-0.2, -0.15) is 0 Å². The smallest absolute Gasteiger partial charge is 0.105 e. The Hall–Kier alpha value is -2.13. The molecule has 0 fully saturated rings. The summed E-state index contributed by atoms with van der Waals surface area (Å²) < 4.78 is 5.46. The molecule has 0 bridgehead atoms. The van der Waals surface area contributed by atoms with Crippen LogP contribution in [0.5, 0.6) is 0 Å². The molecule has 2 heterocycles. The molecule has 1 aromatic carbocycles. The van der Waals surface area contributed by atoms with E-state index in [4.69, 9.17) is 4.42 Å². The van der Waals surface area contributed by atoms with Crippen LogP contribution in [0.2, 0.25) is 0 Å². The van der Waals surface area contributed by atoms with Gasteiger partial charge in [-0.1, -0.05) is 31.2 Å². The maximum Gasteiger partial charge on any atom is 0.105 e. The van der Waals surface area contributed by atoms with Crippen LogP contribution in [0.25, 0.3) is 10.9 Å². The van der Waals surface area contributed by atoms with Gasteiger partial charge in [0.25, 0.3) is 0 Å². The van der Waals surface area contributed by atoms with E-state index in [1.807, 2.05) is 25.3 Å². The lowest BCUT2D eigenvalue weighted by molar-refractivity contribution is 0.520. The highest BCUT2D eigenvalue weighted by molar-refractivity contribution is 5.82. The van der Waals surface area contributed by atoms with Crippen LogP contribution in [0.15, 0.2) is 53.3 Å². The van der Waals surface area contributed by atoms with E-state index in [0.29, 0.717) is 0 Å². The molecule has 0 saturated heterocycles. The Kier molecular flexibility index (Phi) is 3.52. The SMILES string of the molecule is CCNC(c1ccoc1C)c1cccc2cccnc12. The number of aromatic nitrogens is 1. The van der Waals surface area contributed by atoms with Gasteiger partial charge in [-0.05, 0) is 31.2 Å². The molecule has 0 aliphatic rings. The zero-order valence-electron chi connectivity index (χ0n) is 11.8. The first-order chi connectivity index (χ1) is 9.81. The Labute approximate surface area is 118 Å². The standard InChI is InChI=1S/C17H18N2O/c1-3-18-17(14-9-11-20-12(14)2)15-8-4-6-13-7-5-10-19-16(13)15/h4-11,17-18H,3H2,1-2H3. The van der Waals surface area contributed by atoms with Crippen molar-refractivity contribution in [1.82, 2.24) is 10.3 Å². The van der Waals surface area contributed by atoms with E-state index in [0.717, 1.165) is 23.2 Å². The van der Waals surface area contributed by atoms with Gasteiger partial charge in [0.1, 0.15) is 5.76 Å². The number of nitrogens with one attached hydrogen (secondary N) is 1. The number of pyridine rings is 1. The highest BCUT2D eigenvalue weighted by Gasteiger charge is 2.19. The number of hydrogen-bond donors (Lipinski definition) is 1. The second-order valence-corrected chi connectivity index (χ2v) is 4.85. The van der Waals surface area contributed by atoms with Crippen LogP contribution >= 0.6 is 0 Å². The number of rotatable bonds is 4. The first kappa shape index (κ1) is 12.9. The van der Waals surface area contributed by atoms with Gasteiger partial charge in [-0.25, -0.2) is 0 Å². The van der Waals surface area contributed by atoms with Crippen LogP contribution < -0.4 is 5.32 Å². The van der Waals surface area contributed by atoms with Gasteiger partial charge in [0.15, 0.2) is 0 Å². The van der Waals surface area contributed by atoms with Crippen LogP contribution in [0.4, 0.5) is 0 Å². The summed E-state index contributed by atoms with van der Waals surface area (Å²) in [6, 6.07) is 12.5. The van der Waals surface area contributed by atoms with Gasteiger partial charge in [-0.15, -0.1) is 0 Å². The number of para-hydroxylation sites is 1. The fraction of sp³-hybridized carbons (Fsp3) is 0.235. The van der Waals surface area contributed by atoms with E-state index in [-0.39, 0.29) is 6.04 Å². The summed E-state index contributed by atoms with van der Waals surface area (Å²) in [5.41, 5.74) is 3.40. The van der Waals surface area contributed by atoms with Crippen molar-refractivity contribution in [2.24, 2.45) is 0 Å². The van der Waals surface area contributed by atoms with Gasteiger partial charge < -0.3 is 9.73 Å². The minimum Gasteiger partial charge on any atom is -0.469 e. The molecule has 3 rings (SSSR count). The largest absolute Gasteiger partial charge is 0.469 e. The summed E-state index contributed by atoms with van der Waals surface area (Å²) in [7, 11) is 0. The lowest BCUT2D eigenvalue weighted by Gasteiger charge is -2.19. The Morgan fingerprint density at radius 1 is 1.15 bits per heavy atom. The molecule has 0 aliphatic carbocycles. The van der Waals surface area contributed by atoms with E-state index in [2.05, 4.69) is 41.5 Å². The fourth-order valence-electron chi connectivity index (χ4n) is 2.65. The molecule has 0 saturated carbocycles. The minimum atomic E-state index is 0.109. The lowest BCUT2D eigenvalue weighted by atomic mass is 9.96. The van der Waals surface area contributed by atoms with Crippen molar-refractivity contribution in [1.29, 1.82) is 0 Å². The first-order valence-corrected chi connectivity index (χ1v) is 6.92. The van der Waals surface area contributed by atoms with Crippen LogP contribution in [0.3, 0.4) is 0 Å². The number of nitrogens with zero attached hydrogens (tertiary/aromatic N) is 1. The summed E-state index contributed by atoms with van der Waals surface area (Å²) in [6.07, 6.45) is 3.59. The van der Waals surface area contributed by atoms with Crippen molar-refractivity contribution in [3.63, 3.8) is 0 Å². The third kappa shape index (κ3) is 2.21. The monoisotopic (exact) mass is 266 g/mol. The third-order valence-electron chi connectivity index (χ3n) is 3.59. The molecule has 0 spiro atoms. The van der Waals surface area contributed by atoms with Crippen LogP contribution in [-0.2, 0) is 0 Å². The van der Waals surface area contributed by atoms with Crippen molar-refractivity contribution >= 4 is 10.9 Å².